The van der Waals surface area contributed by atoms with Crippen molar-refractivity contribution >= 4 is 34.1 Å². The van der Waals surface area contributed by atoms with Gasteiger partial charge in [-0.2, -0.15) is 0 Å². The van der Waals surface area contributed by atoms with E-state index in [0.717, 1.165) is 13.0 Å². The van der Waals surface area contributed by atoms with Crippen LogP contribution in [0.15, 0.2) is 0 Å². The van der Waals surface area contributed by atoms with Crippen molar-refractivity contribution in [1.82, 2.24) is 14.8 Å². The maximum Gasteiger partial charge on any atom is 0.267 e. The normalized spacial score (nSPS) is 15.1. The fourth-order valence-electron chi connectivity index (χ4n) is 2.16. The molecule has 7 nitrogen and oxygen atoms in total. The summed E-state index contributed by atoms with van der Waals surface area (Å²) in [5.74, 6) is 0.223. The zero-order valence-electron chi connectivity index (χ0n) is 12.4. The van der Waals surface area contributed by atoms with Crippen molar-refractivity contribution in [3.8, 4) is 0 Å². The molecular formula is C13H21N5O2S. The molecule has 1 aliphatic rings. The van der Waals surface area contributed by atoms with E-state index in [0.29, 0.717) is 36.2 Å². The summed E-state index contributed by atoms with van der Waals surface area (Å²) in [6, 6.07) is 0. The van der Waals surface area contributed by atoms with Crippen LogP contribution in [0.25, 0.3) is 0 Å². The molecule has 2 heterocycles. The summed E-state index contributed by atoms with van der Waals surface area (Å²) in [6.07, 6.45) is 0.982. The molecule has 3 N–H and O–H groups in total. The number of rotatable bonds is 4. The Hall–Kier alpha value is -1.83. The number of piperazine rings is 1. The Kier molecular flexibility index (Phi) is 5.00. The van der Waals surface area contributed by atoms with E-state index in [4.69, 9.17) is 5.73 Å². The summed E-state index contributed by atoms with van der Waals surface area (Å²) < 4.78 is 0. The second-order valence-corrected chi connectivity index (χ2v) is 5.96. The molecule has 1 aromatic rings. The largest absolute Gasteiger partial charge is 0.382 e. The summed E-state index contributed by atoms with van der Waals surface area (Å²) in [5, 5.41) is 3.82. The van der Waals surface area contributed by atoms with E-state index >= 15 is 0 Å². The topological polar surface area (TPSA) is 91.6 Å². The number of hydrogen-bond acceptors (Lipinski definition) is 6. The highest BCUT2D eigenvalue weighted by molar-refractivity contribution is 7.18. The van der Waals surface area contributed by atoms with E-state index in [1.807, 2.05) is 0 Å². The van der Waals surface area contributed by atoms with Gasteiger partial charge in [0, 0.05) is 39.6 Å². The van der Waals surface area contributed by atoms with Gasteiger partial charge in [-0.3, -0.25) is 9.59 Å². The van der Waals surface area contributed by atoms with E-state index in [1.54, 1.807) is 16.7 Å². The third-order valence-corrected chi connectivity index (χ3v) is 4.40. The van der Waals surface area contributed by atoms with Gasteiger partial charge in [0.15, 0.2) is 5.13 Å². The van der Waals surface area contributed by atoms with Gasteiger partial charge in [0.25, 0.3) is 5.91 Å². The maximum absolute atomic E-state index is 12.5. The molecule has 21 heavy (non-hydrogen) atoms. The van der Waals surface area contributed by atoms with Crippen molar-refractivity contribution in [1.29, 1.82) is 0 Å². The summed E-state index contributed by atoms with van der Waals surface area (Å²) in [6.45, 7) is 6.62. The molecule has 0 radical (unpaired) electrons. The standard InChI is InChI=1S/C13H21N5O2S/c1-3-4-15-13-16-11(14)10(21-13)12(20)18-7-5-17(6-8-18)9(2)19/h3-8,14H2,1-2H3,(H,15,16). The monoisotopic (exact) mass is 311 g/mol. The molecule has 0 spiro atoms. The van der Waals surface area contributed by atoms with Crippen LogP contribution in [-0.4, -0.2) is 59.3 Å². The van der Waals surface area contributed by atoms with Crippen molar-refractivity contribution in [3.63, 3.8) is 0 Å². The number of nitrogens with two attached hydrogens (primary N) is 1. The van der Waals surface area contributed by atoms with Gasteiger partial charge in [0.2, 0.25) is 5.91 Å². The van der Waals surface area contributed by atoms with Crippen LogP contribution in [0, 0.1) is 0 Å². The number of nitrogen functional groups attached to an aromatic ring is 1. The lowest BCUT2D eigenvalue weighted by Crippen LogP contribution is -2.50. The molecule has 1 saturated heterocycles. The lowest BCUT2D eigenvalue weighted by Gasteiger charge is -2.33. The quantitative estimate of drug-likeness (QED) is 0.860. The molecule has 0 aromatic carbocycles. The van der Waals surface area contributed by atoms with Gasteiger partial charge in [-0.1, -0.05) is 18.3 Å². The minimum Gasteiger partial charge on any atom is -0.382 e. The van der Waals surface area contributed by atoms with Gasteiger partial charge in [-0.05, 0) is 6.42 Å². The fourth-order valence-corrected chi connectivity index (χ4v) is 3.04. The van der Waals surface area contributed by atoms with Crippen LogP contribution in [0.2, 0.25) is 0 Å². The molecule has 0 aliphatic carbocycles. The van der Waals surface area contributed by atoms with Crippen LogP contribution in [0.5, 0.6) is 0 Å². The SMILES string of the molecule is CCCNc1nc(N)c(C(=O)N2CCN(C(C)=O)CC2)s1. The average Bonchev–Trinajstić information content (AvgIpc) is 2.85. The lowest BCUT2D eigenvalue weighted by molar-refractivity contribution is -0.130. The number of anilines is 2. The van der Waals surface area contributed by atoms with Crippen LogP contribution in [0.3, 0.4) is 0 Å². The predicted molar refractivity (Wildman–Crippen MR) is 83.5 cm³/mol. The van der Waals surface area contributed by atoms with Gasteiger partial charge < -0.3 is 20.9 Å². The number of hydrogen-bond donors (Lipinski definition) is 2. The molecule has 0 bridgehead atoms. The van der Waals surface area contributed by atoms with Crippen molar-refractivity contribution in [2.45, 2.75) is 20.3 Å². The van der Waals surface area contributed by atoms with Gasteiger partial charge in [-0.15, -0.1) is 0 Å². The zero-order chi connectivity index (χ0) is 15.4. The number of nitrogens with one attached hydrogen (secondary N) is 1. The van der Waals surface area contributed by atoms with Crippen LogP contribution < -0.4 is 11.1 Å². The average molecular weight is 311 g/mol. The van der Waals surface area contributed by atoms with Crippen molar-refractivity contribution < 1.29 is 9.59 Å². The smallest absolute Gasteiger partial charge is 0.267 e. The van der Waals surface area contributed by atoms with E-state index < -0.39 is 0 Å². The number of aromatic nitrogens is 1. The van der Waals surface area contributed by atoms with E-state index in [9.17, 15) is 9.59 Å². The first-order chi connectivity index (χ1) is 10.0. The molecule has 1 aliphatic heterocycles. The first kappa shape index (κ1) is 15.6. The summed E-state index contributed by atoms with van der Waals surface area (Å²) in [5.41, 5.74) is 5.84. The minimum atomic E-state index is -0.0993. The third kappa shape index (κ3) is 3.63. The van der Waals surface area contributed by atoms with Crippen LogP contribution in [0.4, 0.5) is 10.9 Å². The van der Waals surface area contributed by atoms with Crippen LogP contribution in [0.1, 0.15) is 29.9 Å². The van der Waals surface area contributed by atoms with Gasteiger partial charge in [0.1, 0.15) is 10.7 Å². The highest BCUT2D eigenvalue weighted by atomic mass is 32.1. The predicted octanol–water partition coefficient (Wildman–Crippen LogP) is 0.851. The third-order valence-electron chi connectivity index (χ3n) is 3.39. The fraction of sp³-hybridized carbons (Fsp3) is 0.615. The second kappa shape index (κ2) is 6.75. The Morgan fingerprint density at radius 3 is 2.48 bits per heavy atom. The van der Waals surface area contributed by atoms with Crippen molar-refractivity contribution in [2.75, 3.05) is 43.8 Å². The maximum atomic E-state index is 12.5. The van der Waals surface area contributed by atoms with Crippen LogP contribution in [-0.2, 0) is 4.79 Å². The summed E-state index contributed by atoms with van der Waals surface area (Å²) in [4.78, 5) is 31.9. The Labute approximate surface area is 128 Å². The number of nitrogens with zero attached hydrogens (tertiary/aromatic N) is 3. The molecule has 116 valence electrons. The molecular weight excluding hydrogens is 290 g/mol. The van der Waals surface area contributed by atoms with Crippen molar-refractivity contribution in [2.24, 2.45) is 0 Å². The van der Waals surface area contributed by atoms with Gasteiger partial charge in [0.05, 0.1) is 0 Å². The number of carbonyl (C=O) groups is 2. The van der Waals surface area contributed by atoms with Gasteiger partial charge >= 0.3 is 0 Å². The van der Waals surface area contributed by atoms with Crippen LogP contribution >= 0.6 is 11.3 Å². The molecule has 0 unspecified atom stereocenters. The Bertz CT molecular complexity index is 523. The minimum absolute atomic E-state index is 0.0467. The van der Waals surface area contributed by atoms with Crippen molar-refractivity contribution in [3.05, 3.63) is 4.88 Å². The van der Waals surface area contributed by atoms with E-state index in [1.165, 1.54) is 11.3 Å². The highest BCUT2D eigenvalue weighted by Gasteiger charge is 2.26. The second-order valence-electron chi connectivity index (χ2n) is 4.96. The summed E-state index contributed by atoms with van der Waals surface area (Å²) >= 11 is 1.29. The van der Waals surface area contributed by atoms with Gasteiger partial charge in [-0.25, -0.2) is 4.98 Å². The number of carbonyl (C=O) groups excluding carboxylic acids is 2. The Morgan fingerprint density at radius 1 is 1.29 bits per heavy atom. The number of thiazole rings is 1. The van der Waals surface area contributed by atoms with E-state index in [2.05, 4.69) is 17.2 Å². The summed E-state index contributed by atoms with van der Waals surface area (Å²) in [7, 11) is 0. The lowest BCUT2D eigenvalue weighted by atomic mass is 10.3. The first-order valence-electron chi connectivity index (χ1n) is 7.08. The molecule has 0 atom stereocenters. The first-order valence-corrected chi connectivity index (χ1v) is 7.89. The molecule has 1 aromatic heterocycles. The highest BCUT2D eigenvalue weighted by Crippen LogP contribution is 2.26. The number of amides is 2. The molecule has 0 saturated carbocycles. The zero-order valence-corrected chi connectivity index (χ0v) is 13.2. The Balaban J connectivity index is 2.00. The Morgan fingerprint density at radius 2 is 1.90 bits per heavy atom. The molecule has 8 heteroatoms. The molecule has 2 rings (SSSR count). The van der Waals surface area contributed by atoms with E-state index in [-0.39, 0.29) is 17.6 Å². The molecule has 2 amide bonds. The molecule has 1 fully saturated rings.